The molecule has 1 saturated heterocycles. The molecule has 3 amide bonds. The average molecular weight is 603 g/mol. The quantitative estimate of drug-likeness (QED) is 0.246. The highest BCUT2D eigenvalue weighted by molar-refractivity contribution is 5.93. The zero-order chi connectivity index (χ0) is 29.8. The molecule has 9 heteroatoms. The number of hydrogen-bond donors (Lipinski definition) is 3. The van der Waals surface area contributed by atoms with Gasteiger partial charge < -0.3 is 25.6 Å². The number of carbonyl (C=O) groups is 3. The number of likely N-dealkylation sites (tertiary alicyclic amines) is 1. The van der Waals surface area contributed by atoms with E-state index in [1.54, 1.807) is 12.0 Å². The van der Waals surface area contributed by atoms with Gasteiger partial charge in [-0.25, -0.2) is 0 Å². The molecule has 0 saturated carbocycles. The second-order valence-corrected chi connectivity index (χ2v) is 11.7. The number of benzene rings is 2. The number of carbonyl (C=O) groups excluding carboxylic acids is 3. The summed E-state index contributed by atoms with van der Waals surface area (Å²) in [5.74, 6) is -0.0540. The Morgan fingerprint density at radius 2 is 1.69 bits per heavy atom. The van der Waals surface area contributed by atoms with Gasteiger partial charge >= 0.3 is 0 Å². The highest BCUT2D eigenvalue weighted by Gasteiger charge is 2.42. The maximum Gasteiger partial charge on any atom is 0.243 e. The number of nitrogens with zero attached hydrogens (tertiary/aromatic N) is 1. The van der Waals surface area contributed by atoms with Crippen LogP contribution in [0.25, 0.3) is 10.8 Å². The SMILES string of the molecule is CCC(CC)C(=O)N1C[C@H](OC)CC1C(=O)N[C@H](Cc1ccc2ccccc2c1)C(=O)NCCCCNCC(C)C.Cl. The van der Waals surface area contributed by atoms with Gasteiger partial charge in [0, 0.05) is 39.0 Å². The van der Waals surface area contributed by atoms with E-state index in [0.29, 0.717) is 31.8 Å². The Morgan fingerprint density at radius 3 is 2.36 bits per heavy atom. The number of ether oxygens (including phenoxy) is 1. The molecule has 1 heterocycles. The number of methoxy groups -OCH3 is 1. The number of rotatable bonds is 16. The highest BCUT2D eigenvalue weighted by atomic mass is 35.5. The van der Waals surface area contributed by atoms with E-state index >= 15 is 0 Å². The molecule has 1 aliphatic heterocycles. The van der Waals surface area contributed by atoms with Crippen molar-refractivity contribution in [3.05, 3.63) is 48.0 Å². The van der Waals surface area contributed by atoms with Crippen molar-refractivity contribution in [3.8, 4) is 0 Å². The van der Waals surface area contributed by atoms with Gasteiger partial charge in [0.1, 0.15) is 12.1 Å². The maximum atomic E-state index is 13.7. The lowest BCUT2D eigenvalue weighted by atomic mass is 10.00. The van der Waals surface area contributed by atoms with E-state index in [-0.39, 0.29) is 42.2 Å². The van der Waals surface area contributed by atoms with Crippen LogP contribution in [0.1, 0.15) is 65.4 Å². The van der Waals surface area contributed by atoms with Crippen LogP contribution in [0.15, 0.2) is 42.5 Å². The summed E-state index contributed by atoms with van der Waals surface area (Å²) in [4.78, 5) is 42.1. The van der Waals surface area contributed by atoms with Gasteiger partial charge in [-0.05, 0) is 61.0 Å². The largest absolute Gasteiger partial charge is 0.380 e. The molecule has 0 spiro atoms. The zero-order valence-electron chi connectivity index (χ0n) is 26.0. The van der Waals surface area contributed by atoms with Crippen molar-refractivity contribution in [1.29, 1.82) is 0 Å². The fourth-order valence-electron chi connectivity index (χ4n) is 5.51. The van der Waals surface area contributed by atoms with E-state index in [4.69, 9.17) is 4.74 Å². The van der Waals surface area contributed by atoms with Gasteiger partial charge in [0.15, 0.2) is 0 Å². The Kier molecular flexibility index (Phi) is 15.3. The second-order valence-electron chi connectivity index (χ2n) is 11.7. The zero-order valence-corrected chi connectivity index (χ0v) is 26.8. The predicted octanol–water partition coefficient (Wildman–Crippen LogP) is 4.48. The van der Waals surface area contributed by atoms with Crippen molar-refractivity contribution in [2.75, 3.05) is 33.3 Å². The minimum Gasteiger partial charge on any atom is -0.380 e. The third-order valence-electron chi connectivity index (χ3n) is 8.04. The number of amides is 3. The van der Waals surface area contributed by atoms with E-state index < -0.39 is 12.1 Å². The van der Waals surface area contributed by atoms with Crippen LogP contribution in [0.3, 0.4) is 0 Å². The average Bonchev–Trinajstić information content (AvgIpc) is 3.41. The van der Waals surface area contributed by atoms with Crippen LogP contribution in [0.4, 0.5) is 0 Å². The Balaban J connectivity index is 0.00000616. The van der Waals surface area contributed by atoms with Gasteiger partial charge in [0.2, 0.25) is 17.7 Å². The van der Waals surface area contributed by atoms with Crippen LogP contribution in [0, 0.1) is 11.8 Å². The molecular formula is C33H51ClN4O4. The minimum atomic E-state index is -0.755. The molecule has 1 fully saturated rings. The lowest BCUT2D eigenvalue weighted by Crippen LogP contribution is -2.54. The van der Waals surface area contributed by atoms with E-state index in [1.165, 1.54) is 0 Å². The minimum absolute atomic E-state index is 0. The fourth-order valence-corrected chi connectivity index (χ4v) is 5.51. The van der Waals surface area contributed by atoms with Crippen molar-refractivity contribution < 1.29 is 19.1 Å². The molecule has 0 aliphatic carbocycles. The molecule has 2 aromatic rings. The molecule has 3 rings (SSSR count). The third-order valence-corrected chi connectivity index (χ3v) is 8.04. The molecule has 1 unspecified atom stereocenters. The summed E-state index contributed by atoms with van der Waals surface area (Å²) in [5, 5.41) is 11.7. The molecule has 2 aromatic carbocycles. The molecule has 0 aromatic heterocycles. The number of hydrogen-bond acceptors (Lipinski definition) is 5. The monoisotopic (exact) mass is 602 g/mol. The lowest BCUT2D eigenvalue weighted by Gasteiger charge is -2.28. The molecule has 0 bridgehead atoms. The summed E-state index contributed by atoms with van der Waals surface area (Å²) in [6, 6.07) is 12.8. The molecular weight excluding hydrogens is 552 g/mol. The molecule has 234 valence electrons. The van der Waals surface area contributed by atoms with Crippen LogP contribution < -0.4 is 16.0 Å². The van der Waals surface area contributed by atoms with Gasteiger partial charge in [-0.3, -0.25) is 14.4 Å². The van der Waals surface area contributed by atoms with Crippen LogP contribution in [-0.2, 0) is 25.5 Å². The van der Waals surface area contributed by atoms with Crippen molar-refractivity contribution in [2.24, 2.45) is 11.8 Å². The topological polar surface area (TPSA) is 99.8 Å². The highest BCUT2D eigenvalue weighted by Crippen LogP contribution is 2.25. The number of fused-ring (bicyclic) bond motifs is 1. The van der Waals surface area contributed by atoms with E-state index in [0.717, 1.165) is 55.1 Å². The van der Waals surface area contributed by atoms with Crippen LogP contribution in [0.2, 0.25) is 0 Å². The maximum absolute atomic E-state index is 13.7. The Bertz CT molecular complexity index is 1140. The standard InChI is InChI=1S/C33H50N4O4.ClH/c1-6-25(7-2)33(40)37-22-28(41-5)20-30(37)32(39)36-29(31(38)35-17-11-10-16-34-21-23(3)4)19-24-14-15-26-12-8-9-13-27(26)18-24;/h8-9,12-15,18,23,25,28-30,34H,6-7,10-11,16-17,19-22H2,1-5H3,(H,35,38)(H,36,39);1H/t28-,29-,30?;/m1./s1. The fraction of sp³-hybridized carbons (Fsp3) is 0.606. The number of unbranched alkanes of at least 4 members (excludes halogenated alkanes) is 1. The van der Waals surface area contributed by atoms with Crippen molar-refractivity contribution in [3.63, 3.8) is 0 Å². The number of halogens is 1. The van der Waals surface area contributed by atoms with Crippen LogP contribution in [-0.4, -0.2) is 74.1 Å². The molecule has 8 nitrogen and oxygen atoms in total. The van der Waals surface area contributed by atoms with E-state index in [2.05, 4.69) is 41.9 Å². The second kappa shape index (κ2) is 18.1. The third kappa shape index (κ3) is 10.2. The first-order chi connectivity index (χ1) is 19.8. The van der Waals surface area contributed by atoms with Crippen molar-refractivity contribution in [1.82, 2.24) is 20.9 Å². The van der Waals surface area contributed by atoms with Crippen molar-refractivity contribution in [2.45, 2.75) is 84.4 Å². The first kappa shape index (κ1) is 35.5. The summed E-state index contributed by atoms with van der Waals surface area (Å²) >= 11 is 0. The van der Waals surface area contributed by atoms with Crippen molar-refractivity contribution >= 4 is 40.9 Å². The van der Waals surface area contributed by atoms with Gasteiger partial charge in [0.05, 0.1) is 6.10 Å². The van der Waals surface area contributed by atoms with E-state index in [9.17, 15) is 14.4 Å². The summed E-state index contributed by atoms with van der Waals surface area (Å²) in [7, 11) is 1.61. The smallest absolute Gasteiger partial charge is 0.243 e. The molecule has 42 heavy (non-hydrogen) atoms. The summed E-state index contributed by atoms with van der Waals surface area (Å²) in [6.07, 6.45) is 3.82. The molecule has 0 radical (unpaired) electrons. The van der Waals surface area contributed by atoms with Crippen LogP contribution in [0.5, 0.6) is 0 Å². The Morgan fingerprint density at radius 1 is 1.00 bits per heavy atom. The van der Waals surface area contributed by atoms with Gasteiger partial charge in [-0.15, -0.1) is 12.4 Å². The summed E-state index contributed by atoms with van der Waals surface area (Å²) < 4.78 is 5.56. The molecule has 1 aliphatic rings. The number of nitrogens with one attached hydrogen (secondary N) is 3. The molecule has 3 N–H and O–H groups in total. The van der Waals surface area contributed by atoms with Crippen LogP contribution >= 0.6 is 12.4 Å². The Hall–Kier alpha value is -2.68. The van der Waals surface area contributed by atoms with Gasteiger partial charge in [-0.2, -0.15) is 0 Å². The summed E-state index contributed by atoms with van der Waals surface area (Å²) in [6.45, 7) is 11.2. The van der Waals surface area contributed by atoms with E-state index in [1.807, 2.05) is 44.2 Å². The first-order valence-electron chi connectivity index (χ1n) is 15.4. The first-order valence-corrected chi connectivity index (χ1v) is 15.4. The molecule has 3 atom stereocenters. The van der Waals surface area contributed by atoms with Gasteiger partial charge in [-0.1, -0.05) is 70.2 Å². The van der Waals surface area contributed by atoms with Gasteiger partial charge in [0.25, 0.3) is 0 Å². The Labute approximate surface area is 258 Å². The predicted molar refractivity (Wildman–Crippen MR) is 172 cm³/mol. The lowest BCUT2D eigenvalue weighted by molar-refractivity contribution is -0.142. The summed E-state index contributed by atoms with van der Waals surface area (Å²) in [5.41, 5.74) is 0.966. The normalized spacial score (nSPS) is 17.4.